The van der Waals surface area contributed by atoms with E-state index >= 15 is 0 Å². The van der Waals surface area contributed by atoms with Crippen LogP contribution in [0, 0.1) is 0 Å². The first kappa shape index (κ1) is 14.8. The number of benzene rings is 1. The Kier molecular flexibility index (Phi) is 4.32. The lowest BCUT2D eigenvalue weighted by Crippen LogP contribution is -2.15. The van der Waals surface area contributed by atoms with Crippen LogP contribution >= 0.6 is 11.3 Å². The minimum atomic E-state index is -3.58. The molecule has 5 nitrogen and oxygen atoms in total. The van der Waals surface area contributed by atoms with E-state index in [0.717, 1.165) is 5.69 Å². The molecule has 0 radical (unpaired) electrons. The summed E-state index contributed by atoms with van der Waals surface area (Å²) >= 11 is 1.34. The van der Waals surface area contributed by atoms with Crippen molar-refractivity contribution < 1.29 is 8.42 Å². The van der Waals surface area contributed by atoms with Crippen molar-refractivity contribution in [1.82, 2.24) is 0 Å². The largest absolute Gasteiger partial charge is 0.378 e. The number of anilines is 2. The minimum absolute atomic E-state index is 0.216. The fraction of sp³-hybridized carbons (Fsp3) is 0.231. The second-order valence-corrected chi connectivity index (χ2v) is 7.11. The molecule has 2 rings (SSSR count). The van der Waals surface area contributed by atoms with Gasteiger partial charge in [-0.05, 0) is 35.7 Å². The summed E-state index contributed by atoms with van der Waals surface area (Å²) in [7, 11) is 0.278. The van der Waals surface area contributed by atoms with Crippen LogP contribution in [0.1, 0.15) is 4.88 Å². The van der Waals surface area contributed by atoms with Crippen molar-refractivity contribution in [2.24, 2.45) is 5.73 Å². The lowest BCUT2D eigenvalue weighted by atomic mass is 10.3. The molecular weight excluding hydrogens is 294 g/mol. The number of nitrogens with one attached hydrogen (secondary N) is 1. The number of hydrogen-bond donors (Lipinski definition) is 2. The van der Waals surface area contributed by atoms with Crippen LogP contribution < -0.4 is 15.4 Å². The number of rotatable bonds is 5. The van der Waals surface area contributed by atoms with Crippen molar-refractivity contribution in [2.45, 2.75) is 11.4 Å². The Morgan fingerprint density at radius 2 is 1.85 bits per heavy atom. The Hall–Kier alpha value is -1.57. The molecule has 2 aromatic rings. The van der Waals surface area contributed by atoms with Gasteiger partial charge in [-0.2, -0.15) is 0 Å². The average molecular weight is 311 g/mol. The summed E-state index contributed by atoms with van der Waals surface area (Å²) in [4.78, 5) is 2.85. The highest BCUT2D eigenvalue weighted by molar-refractivity contribution is 7.93. The maximum Gasteiger partial charge on any atom is 0.263 e. The van der Waals surface area contributed by atoms with Gasteiger partial charge in [0.1, 0.15) is 4.90 Å². The van der Waals surface area contributed by atoms with Crippen LogP contribution in [-0.2, 0) is 16.6 Å². The normalized spacial score (nSPS) is 11.3. The van der Waals surface area contributed by atoms with Crippen LogP contribution in [0.2, 0.25) is 0 Å². The number of nitrogens with two attached hydrogens (primary N) is 1. The third kappa shape index (κ3) is 3.12. The van der Waals surface area contributed by atoms with E-state index in [1.54, 1.807) is 23.6 Å². The first-order valence-electron chi connectivity index (χ1n) is 6.00. The summed E-state index contributed by atoms with van der Waals surface area (Å²) in [5.41, 5.74) is 7.09. The first-order valence-corrected chi connectivity index (χ1v) is 8.37. The predicted octanol–water partition coefficient (Wildman–Crippen LogP) is 2.07. The van der Waals surface area contributed by atoms with Gasteiger partial charge in [0.15, 0.2) is 0 Å². The van der Waals surface area contributed by atoms with Crippen molar-refractivity contribution in [3.05, 3.63) is 40.6 Å². The van der Waals surface area contributed by atoms with Gasteiger partial charge in [0.2, 0.25) is 0 Å². The van der Waals surface area contributed by atoms with Gasteiger partial charge in [-0.25, -0.2) is 8.42 Å². The van der Waals surface area contributed by atoms with Gasteiger partial charge >= 0.3 is 0 Å². The standard InChI is InChI=1S/C13H17N3O2S2/c1-16(2)11-5-3-10(4-6-11)15-20(17,18)13-7-8-19-12(13)9-14/h3-8,15H,9,14H2,1-2H3. The van der Waals surface area contributed by atoms with Crippen LogP contribution in [0.5, 0.6) is 0 Å². The highest BCUT2D eigenvalue weighted by Gasteiger charge is 2.19. The van der Waals surface area contributed by atoms with E-state index in [2.05, 4.69) is 4.72 Å². The SMILES string of the molecule is CN(C)c1ccc(NS(=O)(=O)c2ccsc2CN)cc1. The number of nitrogens with zero attached hydrogens (tertiary/aromatic N) is 1. The molecule has 7 heteroatoms. The summed E-state index contributed by atoms with van der Waals surface area (Å²) < 4.78 is 27.1. The van der Waals surface area contributed by atoms with Gasteiger partial charge < -0.3 is 10.6 Å². The van der Waals surface area contributed by atoms with E-state index in [4.69, 9.17) is 5.73 Å². The topological polar surface area (TPSA) is 75.4 Å². The van der Waals surface area contributed by atoms with E-state index in [1.807, 2.05) is 31.1 Å². The quantitative estimate of drug-likeness (QED) is 0.886. The zero-order valence-corrected chi connectivity index (χ0v) is 13.0. The molecule has 1 heterocycles. The molecule has 0 amide bonds. The van der Waals surface area contributed by atoms with Gasteiger partial charge in [-0.3, -0.25) is 4.72 Å². The van der Waals surface area contributed by atoms with Crippen LogP contribution in [0.25, 0.3) is 0 Å². The molecule has 20 heavy (non-hydrogen) atoms. The smallest absolute Gasteiger partial charge is 0.263 e. The predicted molar refractivity (Wildman–Crippen MR) is 83.8 cm³/mol. The van der Waals surface area contributed by atoms with Gasteiger partial charge in [-0.15, -0.1) is 11.3 Å². The summed E-state index contributed by atoms with van der Waals surface area (Å²) in [6, 6.07) is 8.76. The molecule has 0 saturated carbocycles. The zero-order valence-electron chi connectivity index (χ0n) is 11.3. The highest BCUT2D eigenvalue weighted by atomic mass is 32.2. The van der Waals surface area contributed by atoms with Crippen molar-refractivity contribution in [3.63, 3.8) is 0 Å². The molecule has 0 aliphatic rings. The monoisotopic (exact) mass is 311 g/mol. The Morgan fingerprint density at radius 1 is 1.20 bits per heavy atom. The van der Waals surface area contributed by atoms with Crippen molar-refractivity contribution in [2.75, 3.05) is 23.7 Å². The van der Waals surface area contributed by atoms with Crippen LogP contribution in [0.3, 0.4) is 0 Å². The second-order valence-electron chi connectivity index (χ2n) is 4.46. The van der Waals surface area contributed by atoms with E-state index in [-0.39, 0.29) is 11.4 Å². The van der Waals surface area contributed by atoms with E-state index < -0.39 is 10.0 Å². The lowest BCUT2D eigenvalue weighted by molar-refractivity contribution is 0.600. The molecule has 3 N–H and O–H groups in total. The molecule has 0 aliphatic carbocycles. The zero-order chi connectivity index (χ0) is 14.8. The average Bonchev–Trinajstić information content (AvgIpc) is 2.88. The van der Waals surface area contributed by atoms with E-state index in [1.165, 1.54) is 11.3 Å². The maximum absolute atomic E-state index is 12.3. The Morgan fingerprint density at radius 3 is 2.40 bits per heavy atom. The number of sulfonamides is 1. The highest BCUT2D eigenvalue weighted by Crippen LogP contribution is 2.24. The molecule has 108 valence electrons. The fourth-order valence-corrected chi connectivity index (χ4v) is 4.15. The van der Waals surface area contributed by atoms with Crippen molar-refractivity contribution in [3.8, 4) is 0 Å². The molecule has 0 spiro atoms. The summed E-state index contributed by atoms with van der Waals surface area (Å²) in [5, 5.41) is 1.73. The third-order valence-electron chi connectivity index (χ3n) is 2.82. The molecule has 0 atom stereocenters. The van der Waals surface area contributed by atoms with Gasteiger partial charge in [-0.1, -0.05) is 0 Å². The van der Waals surface area contributed by atoms with Gasteiger partial charge in [0.25, 0.3) is 10.0 Å². The number of hydrogen-bond acceptors (Lipinski definition) is 5. The van der Waals surface area contributed by atoms with Crippen molar-refractivity contribution >= 4 is 32.7 Å². The summed E-state index contributed by atoms with van der Waals surface area (Å²) in [6.07, 6.45) is 0. The molecule has 0 fully saturated rings. The van der Waals surface area contributed by atoms with Crippen LogP contribution in [-0.4, -0.2) is 22.5 Å². The molecule has 0 bridgehead atoms. The van der Waals surface area contributed by atoms with Crippen LogP contribution in [0.15, 0.2) is 40.6 Å². The Bertz CT molecular complexity index is 676. The van der Waals surface area contributed by atoms with Crippen LogP contribution in [0.4, 0.5) is 11.4 Å². The number of thiophene rings is 1. The van der Waals surface area contributed by atoms with Crippen molar-refractivity contribution in [1.29, 1.82) is 0 Å². The van der Waals surface area contributed by atoms with E-state index in [9.17, 15) is 8.42 Å². The molecular formula is C13H17N3O2S2. The fourth-order valence-electron chi connectivity index (χ4n) is 1.75. The molecule has 0 saturated heterocycles. The Balaban J connectivity index is 2.24. The molecule has 0 unspecified atom stereocenters. The summed E-state index contributed by atoms with van der Waals surface area (Å²) in [6.45, 7) is 0.216. The third-order valence-corrected chi connectivity index (χ3v) is 5.35. The summed E-state index contributed by atoms with van der Waals surface area (Å²) in [5.74, 6) is 0. The van der Waals surface area contributed by atoms with Gasteiger partial charge in [0.05, 0.1) is 0 Å². The lowest BCUT2D eigenvalue weighted by Gasteiger charge is -2.13. The minimum Gasteiger partial charge on any atom is -0.378 e. The second kappa shape index (κ2) is 5.82. The maximum atomic E-state index is 12.3. The Labute approximate surface area is 123 Å². The van der Waals surface area contributed by atoms with E-state index in [0.29, 0.717) is 10.6 Å². The van der Waals surface area contributed by atoms with Gasteiger partial charge in [0, 0.05) is 36.9 Å². The first-order chi connectivity index (χ1) is 9.44. The molecule has 1 aromatic heterocycles. The molecule has 0 aliphatic heterocycles. The molecule has 1 aromatic carbocycles.